The van der Waals surface area contributed by atoms with Gasteiger partial charge in [0.2, 0.25) is 5.91 Å². The SMILES string of the molecule is O=C(O)CCC(=O)NC1NC(c2ccccc2)=CS1. The van der Waals surface area contributed by atoms with E-state index in [2.05, 4.69) is 10.6 Å². The van der Waals surface area contributed by atoms with Crippen molar-refractivity contribution in [2.24, 2.45) is 0 Å². The first-order valence-electron chi connectivity index (χ1n) is 5.84. The van der Waals surface area contributed by atoms with Crippen LogP contribution in [0.1, 0.15) is 18.4 Å². The molecule has 1 heterocycles. The van der Waals surface area contributed by atoms with Gasteiger partial charge < -0.3 is 15.7 Å². The molecule has 1 amide bonds. The Morgan fingerprint density at radius 2 is 2.00 bits per heavy atom. The normalized spacial score (nSPS) is 17.5. The number of hydrogen-bond acceptors (Lipinski definition) is 4. The van der Waals surface area contributed by atoms with E-state index in [0.717, 1.165) is 11.3 Å². The highest BCUT2D eigenvalue weighted by Gasteiger charge is 2.19. The Bertz CT molecular complexity index is 502. The van der Waals surface area contributed by atoms with Gasteiger partial charge in [0.15, 0.2) is 5.50 Å². The minimum atomic E-state index is -0.967. The van der Waals surface area contributed by atoms with Gasteiger partial charge in [-0.25, -0.2) is 0 Å². The average molecular weight is 278 g/mol. The van der Waals surface area contributed by atoms with Crippen molar-refractivity contribution in [3.63, 3.8) is 0 Å². The van der Waals surface area contributed by atoms with Gasteiger partial charge in [0.25, 0.3) is 0 Å². The molecule has 5 nitrogen and oxygen atoms in total. The van der Waals surface area contributed by atoms with Crippen molar-refractivity contribution < 1.29 is 14.7 Å². The largest absolute Gasteiger partial charge is 0.481 e. The monoisotopic (exact) mass is 278 g/mol. The zero-order valence-electron chi connectivity index (χ0n) is 10.1. The van der Waals surface area contributed by atoms with E-state index in [9.17, 15) is 9.59 Å². The Hall–Kier alpha value is -1.95. The molecule has 1 atom stereocenters. The van der Waals surface area contributed by atoms with Crippen LogP contribution in [0.4, 0.5) is 0 Å². The van der Waals surface area contributed by atoms with Crippen molar-refractivity contribution in [3.05, 3.63) is 41.3 Å². The minimum absolute atomic E-state index is 0.00521. The molecule has 1 aromatic carbocycles. The first-order chi connectivity index (χ1) is 9.15. The van der Waals surface area contributed by atoms with Crippen LogP contribution in [0.25, 0.3) is 5.70 Å². The molecule has 6 heteroatoms. The van der Waals surface area contributed by atoms with Crippen molar-refractivity contribution in [2.45, 2.75) is 18.3 Å². The van der Waals surface area contributed by atoms with Crippen molar-refractivity contribution in [1.29, 1.82) is 0 Å². The van der Waals surface area contributed by atoms with Crippen molar-refractivity contribution in [3.8, 4) is 0 Å². The number of carbonyl (C=O) groups excluding carboxylic acids is 1. The fourth-order valence-corrected chi connectivity index (χ4v) is 2.49. The lowest BCUT2D eigenvalue weighted by molar-refractivity contribution is -0.138. The predicted molar refractivity (Wildman–Crippen MR) is 73.9 cm³/mol. The third-order valence-corrected chi connectivity index (χ3v) is 3.43. The number of carbonyl (C=O) groups is 2. The van der Waals surface area contributed by atoms with Gasteiger partial charge in [-0.1, -0.05) is 42.1 Å². The maximum atomic E-state index is 11.5. The standard InChI is InChI=1S/C13H14N2O3S/c16-11(6-7-12(17)18)15-13-14-10(8-19-13)9-4-2-1-3-5-9/h1-5,8,13-14H,6-7H2,(H,15,16)(H,17,18). The molecule has 3 N–H and O–H groups in total. The van der Waals surface area contributed by atoms with Crippen molar-refractivity contribution in [2.75, 3.05) is 0 Å². The summed E-state index contributed by atoms with van der Waals surface area (Å²) in [5.41, 5.74) is 1.77. The fraction of sp³-hybridized carbons (Fsp3) is 0.231. The van der Waals surface area contributed by atoms with Gasteiger partial charge >= 0.3 is 5.97 Å². The molecular formula is C13H14N2O3S. The van der Waals surface area contributed by atoms with Crippen LogP contribution in [0.3, 0.4) is 0 Å². The average Bonchev–Trinajstić information content (AvgIpc) is 2.86. The molecule has 19 heavy (non-hydrogen) atoms. The predicted octanol–water partition coefficient (Wildman–Crippen LogP) is 1.59. The van der Waals surface area contributed by atoms with E-state index in [1.54, 1.807) is 0 Å². The number of hydrogen-bond donors (Lipinski definition) is 3. The lowest BCUT2D eigenvalue weighted by Gasteiger charge is -2.14. The number of benzene rings is 1. The first kappa shape index (κ1) is 13.5. The van der Waals surface area contributed by atoms with Crippen molar-refractivity contribution >= 4 is 29.3 Å². The highest BCUT2D eigenvalue weighted by Crippen LogP contribution is 2.25. The lowest BCUT2D eigenvalue weighted by atomic mass is 10.2. The summed E-state index contributed by atoms with van der Waals surface area (Å²) in [6.45, 7) is 0. The second kappa shape index (κ2) is 6.29. The van der Waals surface area contributed by atoms with Crippen molar-refractivity contribution in [1.82, 2.24) is 10.6 Å². The topological polar surface area (TPSA) is 78.4 Å². The van der Waals surface area contributed by atoms with E-state index in [4.69, 9.17) is 5.11 Å². The van der Waals surface area contributed by atoms with Gasteiger partial charge in [0, 0.05) is 6.42 Å². The molecular weight excluding hydrogens is 264 g/mol. The zero-order chi connectivity index (χ0) is 13.7. The Morgan fingerprint density at radius 3 is 2.68 bits per heavy atom. The summed E-state index contributed by atoms with van der Waals surface area (Å²) >= 11 is 1.46. The van der Waals surface area contributed by atoms with Gasteiger partial charge in [-0.05, 0) is 11.0 Å². The van der Waals surface area contributed by atoms with Gasteiger partial charge in [0.1, 0.15) is 0 Å². The van der Waals surface area contributed by atoms with E-state index in [-0.39, 0.29) is 24.2 Å². The van der Waals surface area contributed by atoms with Crippen LogP contribution in [-0.4, -0.2) is 22.5 Å². The van der Waals surface area contributed by atoms with Crippen LogP contribution in [0, 0.1) is 0 Å². The molecule has 1 unspecified atom stereocenters. The van der Waals surface area contributed by atoms with Gasteiger partial charge in [-0.3, -0.25) is 9.59 Å². The number of thioether (sulfide) groups is 1. The molecule has 0 saturated carbocycles. The van der Waals surface area contributed by atoms with Gasteiger partial charge in [-0.15, -0.1) is 0 Å². The number of carboxylic acid groups (broad SMARTS) is 1. The number of rotatable bonds is 5. The van der Waals surface area contributed by atoms with E-state index >= 15 is 0 Å². The molecule has 0 bridgehead atoms. The van der Waals surface area contributed by atoms with E-state index in [1.807, 2.05) is 35.7 Å². The minimum Gasteiger partial charge on any atom is -0.481 e. The van der Waals surface area contributed by atoms with Crippen LogP contribution in [-0.2, 0) is 9.59 Å². The highest BCUT2D eigenvalue weighted by molar-refractivity contribution is 8.03. The summed E-state index contributed by atoms with van der Waals surface area (Å²) in [6.07, 6.45) is -0.156. The lowest BCUT2D eigenvalue weighted by Crippen LogP contribution is -2.39. The summed E-state index contributed by atoms with van der Waals surface area (Å²) in [7, 11) is 0. The molecule has 1 aromatic rings. The molecule has 0 fully saturated rings. The Balaban J connectivity index is 1.81. The highest BCUT2D eigenvalue weighted by atomic mass is 32.2. The van der Waals surface area contributed by atoms with E-state index < -0.39 is 5.97 Å². The summed E-state index contributed by atoms with van der Waals surface area (Å²) in [5, 5.41) is 16.3. The smallest absolute Gasteiger partial charge is 0.303 e. The molecule has 0 saturated heterocycles. The molecule has 100 valence electrons. The number of carboxylic acids is 1. The fourth-order valence-electron chi connectivity index (χ4n) is 1.62. The molecule has 1 aliphatic rings. The summed E-state index contributed by atoms with van der Waals surface area (Å²) < 4.78 is 0. The van der Waals surface area contributed by atoms with Crippen LogP contribution < -0.4 is 10.6 Å². The number of nitrogens with one attached hydrogen (secondary N) is 2. The number of amides is 1. The van der Waals surface area contributed by atoms with Gasteiger partial charge in [-0.2, -0.15) is 0 Å². The molecule has 0 aliphatic carbocycles. The third-order valence-electron chi connectivity index (χ3n) is 2.55. The van der Waals surface area contributed by atoms with Crippen LogP contribution in [0.5, 0.6) is 0 Å². The van der Waals surface area contributed by atoms with E-state index in [0.29, 0.717) is 0 Å². The second-order valence-corrected chi connectivity index (χ2v) is 5.00. The Labute approximate surface area is 115 Å². The quantitative estimate of drug-likeness (QED) is 0.762. The van der Waals surface area contributed by atoms with Gasteiger partial charge in [0.05, 0.1) is 12.1 Å². The third kappa shape index (κ3) is 4.03. The summed E-state index contributed by atoms with van der Waals surface area (Å²) in [5.74, 6) is -1.24. The zero-order valence-corrected chi connectivity index (χ0v) is 10.9. The van der Waals surface area contributed by atoms with Crippen LogP contribution in [0.2, 0.25) is 0 Å². The molecule has 0 radical (unpaired) electrons. The summed E-state index contributed by atoms with van der Waals surface area (Å²) in [6, 6.07) is 9.79. The van der Waals surface area contributed by atoms with Crippen LogP contribution >= 0.6 is 11.8 Å². The maximum absolute atomic E-state index is 11.5. The van der Waals surface area contributed by atoms with Crippen LogP contribution in [0.15, 0.2) is 35.7 Å². The molecule has 1 aliphatic heterocycles. The number of aliphatic carboxylic acids is 1. The second-order valence-electron chi connectivity index (χ2n) is 4.02. The molecule has 0 spiro atoms. The van der Waals surface area contributed by atoms with E-state index in [1.165, 1.54) is 11.8 Å². The molecule has 0 aromatic heterocycles. The maximum Gasteiger partial charge on any atom is 0.303 e. The molecule has 2 rings (SSSR count). The first-order valence-corrected chi connectivity index (χ1v) is 6.78. The Morgan fingerprint density at radius 1 is 1.26 bits per heavy atom. The summed E-state index contributed by atoms with van der Waals surface area (Å²) in [4.78, 5) is 21.9. The Kier molecular flexibility index (Phi) is 4.46.